The summed E-state index contributed by atoms with van der Waals surface area (Å²) in [5, 5.41) is 6.43. The molecule has 120 valence electrons. The molecule has 0 spiro atoms. The number of carbonyl (C=O) groups is 1. The smallest absolute Gasteiger partial charge is 0.326 e. The maximum atomic E-state index is 12.8. The Morgan fingerprint density at radius 3 is 2.35 bits per heavy atom. The van der Waals surface area contributed by atoms with E-state index in [1.807, 2.05) is 0 Å². The number of hydrazone groups is 1. The highest BCUT2D eigenvalue weighted by molar-refractivity contribution is 5.89. The van der Waals surface area contributed by atoms with Crippen LogP contribution in [0.2, 0.25) is 0 Å². The van der Waals surface area contributed by atoms with Gasteiger partial charge in [0.05, 0.1) is 17.5 Å². The number of carbonyl (C=O) groups excluding carboxylic acids is 1. The fraction of sp³-hybridized carbons (Fsp3) is 0.125. The second-order valence-corrected chi connectivity index (χ2v) is 4.72. The van der Waals surface area contributed by atoms with Crippen molar-refractivity contribution in [3.63, 3.8) is 0 Å². The van der Waals surface area contributed by atoms with Crippen LogP contribution in [0, 0.1) is 0 Å². The molecule has 0 aliphatic heterocycles. The van der Waals surface area contributed by atoms with Crippen LogP contribution < -0.4 is 10.7 Å². The van der Waals surface area contributed by atoms with Crippen LogP contribution in [0.1, 0.15) is 18.1 Å². The molecule has 2 N–H and O–H groups in total. The van der Waals surface area contributed by atoms with Gasteiger partial charge >= 0.3 is 6.18 Å². The van der Waals surface area contributed by atoms with Gasteiger partial charge in [-0.05, 0) is 29.8 Å². The highest BCUT2D eigenvalue weighted by Crippen LogP contribution is 2.34. The molecule has 1 amide bonds. The predicted molar refractivity (Wildman–Crippen MR) is 83.4 cm³/mol. The molecule has 4 nitrogen and oxygen atoms in total. The van der Waals surface area contributed by atoms with Gasteiger partial charge < -0.3 is 5.32 Å². The van der Waals surface area contributed by atoms with Crippen LogP contribution in [0.5, 0.6) is 0 Å². The van der Waals surface area contributed by atoms with Crippen molar-refractivity contribution in [3.8, 4) is 0 Å². The summed E-state index contributed by atoms with van der Waals surface area (Å²) < 4.78 is 38.5. The van der Waals surface area contributed by atoms with Gasteiger partial charge in [0.25, 0.3) is 0 Å². The third kappa shape index (κ3) is 4.84. The van der Waals surface area contributed by atoms with E-state index >= 15 is 0 Å². The summed E-state index contributed by atoms with van der Waals surface area (Å²) in [6, 6.07) is 11.8. The number of halogens is 3. The minimum absolute atomic E-state index is 0.119. The summed E-state index contributed by atoms with van der Waals surface area (Å²) in [4.78, 5) is 10.9. The van der Waals surface area contributed by atoms with Crippen molar-refractivity contribution in [2.45, 2.75) is 13.1 Å². The topological polar surface area (TPSA) is 53.5 Å². The van der Waals surface area contributed by atoms with Crippen LogP contribution in [-0.4, -0.2) is 12.1 Å². The molecule has 0 atom stereocenters. The predicted octanol–water partition coefficient (Wildman–Crippen LogP) is 4.11. The Kier molecular flexibility index (Phi) is 5.00. The van der Waals surface area contributed by atoms with E-state index in [1.54, 1.807) is 24.3 Å². The number of amides is 1. The van der Waals surface area contributed by atoms with E-state index < -0.39 is 11.7 Å². The first kappa shape index (κ1) is 16.5. The van der Waals surface area contributed by atoms with Gasteiger partial charge in [-0.15, -0.1) is 0 Å². The molecule has 2 aromatic rings. The van der Waals surface area contributed by atoms with Gasteiger partial charge in [0.15, 0.2) is 0 Å². The Morgan fingerprint density at radius 1 is 1.09 bits per heavy atom. The van der Waals surface area contributed by atoms with Crippen molar-refractivity contribution >= 4 is 23.5 Å². The van der Waals surface area contributed by atoms with Gasteiger partial charge in [-0.25, -0.2) is 0 Å². The summed E-state index contributed by atoms with van der Waals surface area (Å²) in [5.41, 5.74) is 2.80. The Hall–Kier alpha value is -2.83. The largest absolute Gasteiger partial charge is 0.418 e. The molecule has 2 rings (SSSR count). The molecule has 2 aromatic carbocycles. The minimum Gasteiger partial charge on any atom is -0.326 e. The summed E-state index contributed by atoms with van der Waals surface area (Å²) in [6.45, 7) is 1.40. The maximum Gasteiger partial charge on any atom is 0.418 e. The van der Waals surface area contributed by atoms with E-state index in [0.29, 0.717) is 11.3 Å². The van der Waals surface area contributed by atoms with Gasteiger partial charge in [0.2, 0.25) is 5.91 Å². The fourth-order valence-electron chi connectivity index (χ4n) is 1.86. The Bertz CT molecular complexity index is 709. The first-order valence-electron chi connectivity index (χ1n) is 6.69. The zero-order valence-electron chi connectivity index (χ0n) is 12.2. The number of nitrogens with zero attached hydrogens (tertiary/aromatic N) is 1. The number of rotatable bonds is 4. The Labute approximate surface area is 131 Å². The third-order valence-electron chi connectivity index (χ3n) is 2.86. The second-order valence-electron chi connectivity index (χ2n) is 4.72. The van der Waals surface area contributed by atoms with E-state index in [2.05, 4.69) is 15.8 Å². The summed E-state index contributed by atoms with van der Waals surface area (Å²) in [5.74, 6) is -0.183. The van der Waals surface area contributed by atoms with E-state index in [-0.39, 0.29) is 11.6 Å². The van der Waals surface area contributed by atoms with Crippen molar-refractivity contribution < 1.29 is 18.0 Å². The highest BCUT2D eigenvalue weighted by atomic mass is 19.4. The fourth-order valence-corrected chi connectivity index (χ4v) is 1.86. The van der Waals surface area contributed by atoms with Crippen molar-refractivity contribution in [1.82, 2.24) is 0 Å². The average Bonchev–Trinajstić information content (AvgIpc) is 2.48. The number of para-hydroxylation sites is 1. The van der Waals surface area contributed by atoms with Gasteiger partial charge in [0.1, 0.15) is 0 Å². The van der Waals surface area contributed by atoms with Gasteiger partial charge in [-0.3, -0.25) is 10.2 Å². The zero-order chi connectivity index (χ0) is 16.9. The van der Waals surface area contributed by atoms with Gasteiger partial charge in [-0.2, -0.15) is 18.3 Å². The molecular formula is C16H14F3N3O. The van der Waals surface area contributed by atoms with Crippen LogP contribution in [0.3, 0.4) is 0 Å². The molecule has 0 fully saturated rings. The van der Waals surface area contributed by atoms with Crippen LogP contribution >= 0.6 is 0 Å². The van der Waals surface area contributed by atoms with Crippen molar-refractivity contribution in [2.24, 2.45) is 5.10 Å². The van der Waals surface area contributed by atoms with E-state index in [0.717, 1.165) is 6.07 Å². The number of alkyl halides is 3. The van der Waals surface area contributed by atoms with Crippen LogP contribution in [-0.2, 0) is 11.0 Å². The molecule has 23 heavy (non-hydrogen) atoms. The molecule has 7 heteroatoms. The first-order valence-corrected chi connectivity index (χ1v) is 6.69. The van der Waals surface area contributed by atoms with Crippen LogP contribution in [0.25, 0.3) is 0 Å². The maximum absolute atomic E-state index is 12.8. The lowest BCUT2D eigenvalue weighted by molar-refractivity contribution is -0.137. The molecule has 0 heterocycles. The number of benzene rings is 2. The van der Waals surface area contributed by atoms with Gasteiger partial charge in [0, 0.05) is 12.6 Å². The second kappa shape index (κ2) is 6.95. The van der Waals surface area contributed by atoms with Crippen LogP contribution in [0.4, 0.5) is 24.5 Å². The number of anilines is 2. The molecule has 0 unspecified atom stereocenters. The Morgan fingerprint density at radius 2 is 1.74 bits per heavy atom. The molecule has 0 saturated carbocycles. The quantitative estimate of drug-likeness (QED) is 0.658. The lowest BCUT2D eigenvalue weighted by atomic mass is 10.2. The highest BCUT2D eigenvalue weighted by Gasteiger charge is 2.33. The molecule has 0 saturated heterocycles. The molecule has 0 aliphatic carbocycles. The summed E-state index contributed by atoms with van der Waals surface area (Å²) in [6.07, 6.45) is -3.05. The molecular weight excluding hydrogens is 307 g/mol. The standard InChI is InChI=1S/C16H14F3N3O/c1-11(23)21-13-8-6-12(7-9-13)10-20-22-15-5-3-2-4-14(15)16(17,18)19/h2-10,22H,1H3,(H,21,23)/b20-10+. The van der Waals surface area contributed by atoms with Crippen molar-refractivity contribution in [3.05, 3.63) is 59.7 Å². The molecule has 0 radical (unpaired) electrons. The lowest BCUT2D eigenvalue weighted by Crippen LogP contribution is -2.08. The SMILES string of the molecule is CC(=O)Nc1ccc(/C=N/Nc2ccccc2C(F)(F)F)cc1. The third-order valence-corrected chi connectivity index (χ3v) is 2.86. The number of nitrogens with one attached hydrogen (secondary N) is 2. The lowest BCUT2D eigenvalue weighted by Gasteiger charge is -2.11. The summed E-state index contributed by atoms with van der Waals surface area (Å²) in [7, 11) is 0. The molecule has 0 aromatic heterocycles. The molecule has 0 bridgehead atoms. The monoisotopic (exact) mass is 321 g/mol. The van der Waals surface area contributed by atoms with Crippen molar-refractivity contribution in [2.75, 3.05) is 10.7 Å². The average molecular weight is 321 g/mol. The van der Waals surface area contributed by atoms with E-state index in [1.165, 1.54) is 31.3 Å². The molecule has 0 aliphatic rings. The van der Waals surface area contributed by atoms with Crippen LogP contribution in [0.15, 0.2) is 53.6 Å². The normalized spacial score (nSPS) is 11.5. The number of hydrogen-bond acceptors (Lipinski definition) is 3. The van der Waals surface area contributed by atoms with Gasteiger partial charge in [-0.1, -0.05) is 24.3 Å². The van der Waals surface area contributed by atoms with E-state index in [4.69, 9.17) is 0 Å². The van der Waals surface area contributed by atoms with Crippen molar-refractivity contribution in [1.29, 1.82) is 0 Å². The minimum atomic E-state index is -4.45. The Balaban J connectivity index is 2.06. The number of hydrogen-bond donors (Lipinski definition) is 2. The zero-order valence-corrected chi connectivity index (χ0v) is 12.2. The van der Waals surface area contributed by atoms with E-state index in [9.17, 15) is 18.0 Å². The first-order chi connectivity index (χ1) is 10.9. The summed E-state index contributed by atoms with van der Waals surface area (Å²) >= 11 is 0.